The highest BCUT2D eigenvalue weighted by Gasteiger charge is 2.24. The third-order valence-corrected chi connectivity index (χ3v) is 6.48. The van der Waals surface area contributed by atoms with Crippen molar-refractivity contribution >= 4 is 38.1 Å². The van der Waals surface area contributed by atoms with Gasteiger partial charge in [0, 0.05) is 4.88 Å². The number of hydrogen-bond donors (Lipinski definition) is 1. The highest BCUT2D eigenvalue weighted by molar-refractivity contribution is 7.92. The molecule has 0 saturated carbocycles. The molecule has 1 N–H and O–H groups in total. The van der Waals surface area contributed by atoms with E-state index < -0.39 is 27.5 Å². The van der Waals surface area contributed by atoms with Crippen molar-refractivity contribution in [3.63, 3.8) is 0 Å². The quantitative estimate of drug-likeness (QED) is 0.805. The molecule has 1 heterocycles. The van der Waals surface area contributed by atoms with Gasteiger partial charge in [-0.25, -0.2) is 13.2 Å². The molecule has 0 aliphatic rings. The largest absolute Gasteiger partial charge is 0.465 e. The second kappa shape index (κ2) is 7.37. The van der Waals surface area contributed by atoms with Crippen LogP contribution in [0.25, 0.3) is 0 Å². The lowest BCUT2D eigenvalue weighted by molar-refractivity contribution is -0.113. The fourth-order valence-electron chi connectivity index (χ4n) is 2.23. The minimum Gasteiger partial charge on any atom is -0.465 e. The van der Waals surface area contributed by atoms with Crippen molar-refractivity contribution in [1.29, 1.82) is 0 Å². The number of rotatable bonds is 5. The minimum absolute atomic E-state index is 0.0833. The van der Waals surface area contributed by atoms with Crippen LogP contribution >= 0.6 is 11.3 Å². The van der Waals surface area contributed by atoms with Gasteiger partial charge in [-0.05, 0) is 38.5 Å². The molecule has 0 fully saturated rings. The van der Waals surface area contributed by atoms with Crippen LogP contribution in [-0.2, 0) is 19.4 Å². The first-order chi connectivity index (χ1) is 11.7. The van der Waals surface area contributed by atoms with Gasteiger partial charge in [0.15, 0.2) is 9.84 Å². The van der Waals surface area contributed by atoms with Crippen LogP contribution in [-0.4, -0.2) is 33.2 Å². The topological polar surface area (TPSA) is 89.5 Å². The average Bonchev–Trinajstić information content (AvgIpc) is 2.80. The molecule has 0 aliphatic heterocycles. The number of ether oxygens (including phenoxy) is 1. The van der Waals surface area contributed by atoms with Crippen LogP contribution in [0.3, 0.4) is 0 Å². The average molecular weight is 381 g/mol. The van der Waals surface area contributed by atoms with Gasteiger partial charge in [0.1, 0.15) is 10.8 Å². The van der Waals surface area contributed by atoms with E-state index in [9.17, 15) is 18.0 Å². The summed E-state index contributed by atoms with van der Waals surface area (Å²) < 4.78 is 29.4. The van der Waals surface area contributed by atoms with Crippen molar-refractivity contribution in [2.24, 2.45) is 0 Å². The van der Waals surface area contributed by atoms with Gasteiger partial charge in [0.25, 0.3) is 0 Å². The van der Waals surface area contributed by atoms with Crippen LogP contribution < -0.4 is 5.32 Å². The third kappa shape index (κ3) is 4.26. The maximum Gasteiger partial charge on any atom is 0.341 e. The van der Waals surface area contributed by atoms with Gasteiger partial charge in [-0.1, -0.05) is 17.7 Å². The van der Waals surface area contributed by atoms with E-state index in [0.29, 0.717) is 10.6 Å². The summed E-state index contributed by atoms with van der Waals surface area (Å²) in [5.74, 6) is -1.97. The fraction of sp³-hybridized carbons (Fsp3) is 0.294. The van der Waals surface area contributed by atoms with Gasteiger partial charge >= 0.3 is 5.97 Å². The van der Waals surface area contributed by atoms with Gasteiger partial charge in [0.2, 0.25) is 5.91 Å². The van der Waals surface area contributed by atoms with Crippen LogP contribution in [0.2, 0.25) is 0 Å². The Morgan fingerprint density at radius 1 is 1.12 bits per heavy atom. The van der Waals surface area contributed by atoms with E-state index in [4.69, 9.17) is 4.74 Å². The number of hydrogen-bond acceptors (Lipinski definition) is 6. The lowest BCUT2D eigenvalue weighted by atomic mass is 10.1. The molecule has 0 radical (unpaired) electrons. The number of benzene rings is 1. The normalized spacial score (nSPS) is 11.2. The molecule has 134 valence electrons. The molecule has 1 aromatic heterocycles. The second-order valence-electron chi connectivity index (χ2n) is 5.60. The standard InChI is InChI=1S/C17H19NO5S2/c1-10-5-7-13(8-6-10)25(21,22)9-14(19)18-16-15(17(20)23-4)11(2)12(3)24-16/h5-8H,9H2,1-4H3,(H,18,19). The second-order valence-corrected chi connectivity index (χ2v) is 8.81. The summed E-state index contributed by atoms with van der Waals surface area (Å²) in [6, 6.07) is 6.28. The maximum absolute atomic E-state index is 12.3. The molecule has 25 heavy (non-hydrogen) atoms. The third-order valence-electron chi connectivity index (χ3n) is 3.73. The van der Waals surface area contributed by atoms with E-state index >= 15 is 0 Å². The monoisotopic (exact) mass is 381 g/mol. The van der Waals surface area contributed by atoms with Crippen molar-refractivity contribution in [2.75, 3.05) is 18.2 Å². The molecule has 0 spiro atoms. The van der Waals surface area contributed by atoms with Gasteiger partial charge < -0.3 is 10.1 Å². The number of esters is 1. The van der Waals surface area contributed by atoms with E-state index in [0.717, 1.165) is 10.4 Å². The lowest BCUT2D eigenvalue weighted by Gasteiger charge is -2.07. The van der Waals surface area contributed by atoms with E-state index in [2.05, 4.69) is 5.32 Å². The summed E-state index contributed by atoms with van der Waals surface area (Å²) in [6.07, 6.45) is 0. The number of methoxy groups -OCH3 is 1. The highest BCUT2D eigenvalue weighted by atomic mass is 32.2. The first-order valence-corrected chi connectivity index (χ1v) is 9.90. The number of amides is 1. The van der Waals surface area contributed by atoms with E-state index in [1.54, 1.807) is 19.1 Å². The van der Waals surface area contributed by atoms with Crippen molar-refractivity contribution in [3.8, 4) is 0 Å². The Balaban J connectivity index is 2.22. The molecule has 0 saturated heterocycles. The Labute approximate surface area is 150 Å². The van der Waals surface area contributed by atoms with Gasteiger partial charge in [0.05, 0.1) is 17.6 Å². The molecule has 2 aromatic rings. The van der Waals surface area contributed by atoms with E-state index in [-0.39, 0.29) is 10.5 Å². The zero-order valence-electron chi connectivity index (χ0n) is 14.4. The molecule has 0 aliphatic carbocycles. The molecule has 2 rings (SSSR count). The zero-order chi connectivity index (χ0) is 18.8. The first kappa shape index (κ1) is 19.1. The summed E-state index contributed by atoms with van der Waals surface area (Å²) in [5, 5.41) is 2.82. The van der Waals surface area contributed by atoms with Crippen LogP contribution in [0.1, 0.15) is 26.4 Å². The summed E-state index contributed by atoms with van der Waals surface area (Å²) in [7, 11) is -2.51. The Bertz CT molecular complexity index is 911. The smallest absolute Gasteiger partial charge is 0.341 e. The Morgan fingerprint density at radius 2 is 1.72 bits per heavy atom. The molecule has 0 atom stereocenters. The fourth-order valence-corrected chi connectivity index (χ4v) is 4.43. The molecule has 1 amide bonds. The lowest BCUT2D eigenvalue weighted by Crippen LogP contribution is -2.23. The Morgan fingerprint density at radius 3 is 2.28 bits per heavy atom. The van der Waals surface area contributed by atoms with Crippen LogP contribution in [0.5, 0.6) is 0 Å². The molecule has 8 heteroatoms. The number of carbonyl (C=O) groups is 2. The SMILES string of the molecule is COC(=O)c1c(NC(=O)CS(=O)(=O)c2ccc(C)cc2)sc(C)c1C. The summed E-state index contributed by atoms with van der Waals surface area (Å²) in [5.41, 5.74) is 1.88. The maximum atomic E-state index is 12.3. The summed E-state index contributed by atoms with van der Waals surface area (Å²) >= 11 is 1.21. The predicted octanol–water partition coefficient (Wildman–Crippen LogP) is 2.87. The van der Waals surface area contributed by atoms with E-state index in [1.165, 1.54) is 30.6 Å². The van der Waals surface area contributed by atoms with Crippen molar-refractivity contribution in [3.05, 3.63) is 45.8 Å². The Kier molecular flexibility index (Phi) is 5.64. The minimum atomic E-state index is -3.76. The number of nitrogens with one attached hydrogen (secondary N) is 1. The summed E-state index contributed by atoms with van der Waals surface area (Å²) in [4.78, 5) is 25.0. The molecular weight excluding hydrogens is 362 g/mol. The predicted molar refractivity (Wildman–Crippen MR) is 97.0 cm³/mol. The van der Waals surface area contributed by atoms with Crippen LogP contribution in [0, 0.1) is 20.8 Å². The van der Waals surface area contributed by atoms with Gasteiger partial charge in [-0.2, -0.15) is 0 Å². The molecule has 1 aromatic carbocycles. The zero-order valence-corrected chi connectivity index (χ0v) is 16.0. The summed E-state index contributed by atoms with van der Waals surface area (Å²) in [6.45, 7) is 5.40. The van der Waals surface area contributed by atoms with Crippen molar-refractivity contribution in [1.82, 2.24) is 0 Å². The van der Waals surface area contributed by atoms with Crippen LogP contribution in [0.15, 0.2) is 29.2 Å². The highest BCUT2D eigenvalue weighted by Crippen LogP contribution is 2.33. The van der Waals surface area contributed by atoms with E-state index in [1.807, 2.05) is 13.8 Å². The number of anilines is 1. The number of thiophene rings is 1. The number of aryl methyl sites for hydroxylation is 2. The van der Waals surface area contributed by atoms with Crippen LogP contribution in [0.4, 0.5) is 5.00 Å². The van der Waals surface area contributed by atoms with Gasteiger partial charge in [-0.3, -0.25) is 4.79 Å². The van der Waals surface area contributed by atoms with Crippen molar-refractivity contribution in [2.45, 2.75) is 25.7 Å². The molecule has 6 nitrogen and oxygen atoms in total. The van der Waals surface area contributed by atoms with Gasteiger partial charge in [-0.15, -0.1) is 11.3 Å². The first-order valence-electron chi connectivity index (χ1n) is 7.43. The molecular formula is C17H19NO5S2. The van der Waals surface area contributed by atoms with Crippen molar-refractivity contribution < 1.29 is 22.7 Å². The Hall–Kier alpha value is -2.19. The molecule has 0 unspecified atom stereocenters. The number of carbonyl (C=O) groups excluding carboxylic acids is 2. The molecule has 0 bridgehead atoms. The number of sulfone groups is 1.